The van der Waals surface area contributed by atoms with Crippen LogP contribution in [0, 0.1) is 5.82 Å². The molecular formula is C16H18FN3O3. The maximum Gasteiger partial charge on any atom is 0.320 e. The maximum atomic E-state index is 13.2. The van der Waals surface area contributed by atoms with Crippen LogP contribution in [-0.2, 0) is 0 Å². The van der Waals surface area contributed by atoms with Crippen molar-refractivity contribution in [2.75, 3.05) is 11.9 Å². The number of halogens is 1. The number of aliphatic hydroxyl groups is 1. The molecule has 7 heteroatoms. The van der Waals surface area contributed by atoms with E-state index in [4.69, 9.17) is 4.52 Å². The summed E-state index contributed by atoms with van der Waals surface area (Å²) in [7, 11) is 0. The van der Waals surface area contributed by atoms with Crippen LogP contribution in [-0.4, -0.2) is 28.4 Å². The van der Waals surface area contributed by atoms with E-state index in [-0.39, 0.29) is 11.6 Å². The molecule has 1 heterocycles. The Hall–Kier alpha value is -2.41. The van der Waals surface area contributed by atoms with E-state index in [2.05, 4.69) is 15.8 Å². The number of benzene rings is 1. The van der Waals surface area contributed by atoms with Crippen molar-refractivity contribution in [3.8, 4) is 11.3 Å². The highest BCUT2D eigenvalue weighted by Crippen LogP contribution is 2.34. The Morgan fingerprint density at radius 2 is 2.22 bits per heavy atom. The summed E-state index contributed by atoms with van der Waals surface area (Å²) >= 11 is 0. The lowest BCUT2D eigenvalue weighted by Crippen LogP contribution is -2.41. The molecule has 0 aliphatic heterocycles. The van der Waals surface area contributed by atoms with Crippen LogP contribution in [0.4, 0.5) is 15.0 Å². The second-order valence-corrected chi connectivity index (χ2v) is 5.80. The molecular weight excluding hydrogens is 301 g/mol. The van der Waals surface area contributed by atoms with Crippen LogP contribution in [0.25, 0.3) is 11.3 Å². The molecule has 1 saturated carbocycles. The molecule has 3 rings (SSSR count). The van der Waals surface area contributed by atoms with Gasteiger partial charge in [-0.3, -0.25) is 5.32 Å². The smallest absolute Gasteiger partial charge is 0.320 e. The summed E-state index contributed by atoms with van der Waals surface area (Å²) in [5.74, 6) is 0.229. The molecule has 3 N–H and O–H groups in total. The number of hydrogen-bond donors (Lipinski definition) is 3. The average molecular weight is 319 g/mol. The fraction of sp³-hybridized carbons (Fsp3) is 0.375. The number of carbonyl (C=O) groups is 1. The van der Waals surface area contributed by atoms with Gasteiger partial charge in [0.15, 0.2) is 11.6 Å². The van der Waals surface area contributed by atoms with Gasteiger partial charge in [-0.15, -0.1) is 0 Å². The molecule has 1 aliphatic carbocycles. The molecule has 2 aromatic rings. The van der Waals surface area contributed by atoms with Crippen LogP contribution >= 0.6 is 0 Å². The van der Waals surface area contributed by atoms with Crippen molar-refractivity contribution in [1.82, 2.24) is 10.5 Å². The van der Waals surface area contributed by atoms with Gasteiger partial charge in [-0.25, -0.2) is 9.18 Å². The summed E-state index contributed by atoms with van der Waals surface area (Å²) in [6.45, 7) is 0.386. The normalized spacial score (nSPS) is 15.7. The first kappa shape index (κ1) is 15.5. The van der Waals surface area contributed by atoms with Gasteiger partial charge in [0.2, 0.25) is 0 Å². The predicted molar refractivity (Wildman–Crippen MR) is 82.3 cm³/mol. The van der Waals surface area contributed by atoms with Crippen LogP contribution in [0.15, 0.2) is 34.9 Å². The fourth-order valence-electron chi connectivity index (χ4n) is 2.52. The molecule has 1 aliphatic rings. The summed E-state index contributed by atoms with van der Waals surface area (Å²) in [5.41, 5.74) is -0.0794. The second-order valence-electron chi connectivity index (χ2n) is 5.80. The average Bonchev–Trinajstić information content (AvgIpc) is 2.94. The van der Waals surface area contributed by atoms with Crippen molar-refractivity contribution in [2.45, 2.75) is 31.3 Å². The molecule has 23 heavy (non-hydrogen) atoms. The zero-order chi connectivity index (χ0) is 16.3. The van der Waals surface area contributed by atoms with Gasteiger partial charge in [0.05, 0.1) is 5.60 Å². The number of carbonyl (C=O) groups excluding carboxylic acids is 1. The van der Waals surface area contributed by atoms with E-state index in [1.165, 1.54) is 18.2 Å². The molecule has 1 fully saturated rings. The molecule has 0 spiro atoms. The summed E-state index contributed by atoms with van der Waals surface area (Å²) in [4.78, 5) is 11.8. The predicted octanol–water partition coefficient (Wildman–Crippen LogP) is 2.91. The largest absolute Gasteiger partial charge is 0.390 e. The number of aromatic nitrogens is 1. The second kappa shape index (κ2) is 6.37. The summed E-state index contributed by atoms with van der Waals surface area (Å²) in [6, 6.07) is 7.01. The number of anilines is 1. The minimum atomic E-state index is -0.619. The molecule has 1 aromatic heterocycles. The van der Waals surface area contributed by atoms with E-state index >= 15 is 0 Å². The summed E-state index contributed by atoms with van der Waals surface area (Å²) < 4.78 is 18.3. The van der Waals surface area contributed by atoms with E-state index < -0.39 is 11.6 Å². The third-order valence-corrected chi connectivity index (χ3v) is 4.02. The Bertz CT molecular complexity index is 697. The molecule has 0 unspecified atom stereocenters. The minimum absolute atomic E-state index is 0.240. The molecule has 6 nitrogen and oxygen atoms in total. The van der Waals surface area contributed by atoms with Crippen molar-refractivity contribution in [2.24, 2.45) is 0 Å². The monoisotopic (exact) mass is 319 g/mol. The first-order chi connectivity index (χ1) is 11.0. The van der Waals surface area contributed by atoms with E-state index in [1.54, 1.807) is 12.1 Å². The van der Waals surface area contributed by atoms with E-state index in [9.17, 15) is 14.3 Å². The van der Waals surface area contributed by atoms with Crippen molar-refractivity contribution in [3.05, 3.63) is 36.1 Å². The number of nitrogens with zero attached hydrogens (tertiary/aromatic N) is 1. The number of amides is 2. The molecule has 0 radical (unpaired) electrons. The number of rotatable bonds is 5. The summed E-state index contributed by atoms with van der Waals surface area (Å²) in [6.07, 6.45) is 3.14. The number of nitrogens with one attached hydrogen (secondary N) is 2. The standard InChI is InChI=1S/C16H18FN3O3/c17-12-4-1-3-11(9-12)13-10-14(20-23-13)19-15(21)18-8-7-16(22)5-2-6-16/h1,3-4,9-10,22H,2,5-8H2,(H2,18,19,20,21). The molecule has 0 saturated heterocycles. The van der Waals surface area contributed by atoms with Gasteiger partial charge >= 0.3 is 6.03 Å². The quantitative estimate of drug-likeness (QED) is 0.791. The van der Waals surface area contributed by atoms with Crippen molar-refractivity contribution in [1.29, 1.82) is 0 Å². The van der Waals surface area contributed by atoms with Crippen LogP contribution in [0.5, 0.6) is 0 Å². The van der Waals surface area contributed by atoms with E-state index in [0.717, 1.165) is 19.3 Å². The Kier molecular flexibility index (Phi) is 4.29. The van der Waals surface area contributed by atoms with Gasteiger partial charge in [-0.05, 0) is 37.8 Å². The van der Waals surface area contributed by atoms with Crippen molar-refractivity contribution < 1.29 is 18.8 Å². The van der Waals surface area contributed by atoms with Crippen LogP contribution < -0.4 is 10.6 Å². The van der Waals surface area contributed by atoms with Gasteiger partial charge in [0, 0.05) is 18.2 Å². The number of hydrogen-bond acceptors (Lipinski definition) is 4. The van der Waals surface area contributed by atoms with E-state index in [0.29, 0.717) is 24.3 Å². The Morgan fingerprint density at radius 3 is 2.91 bits per heavy atom. The van der Waals surface area contributed by atoms with Crippen molar-refractivity contribution in [3.63, 3.8) is 0 Å². The highest BCUT2D eigenvalue weighted by Gasteiger charge is 2.33. The molecule has 122 valence electrons. The minimum Gasteiger partial charge on any atom is -0.390 e. The number of urea groups is 1. The third-order valence-electron chi connectivity index (χ3n) is 4.02. The maximum absolute atomic E-state index is 13.2. The Labute approximate surface area is 132 Å². The van der Waals surface area contributed by atoms with Crippen LogP contribution in [0.1, 0.15) is 25.7 Å². The first-order valence-corrected chi connectivity index (χ1v) is 7.54. The van der Waals surface area contributed by atoms with Gasteiger partial charge in [0.25, 0.3) is 0 Å². The van der Waals surface area contributed by atoms with Gasteiger partial charge in [-0.1, -0.05) is 17.3 Å². The zero-order valence-corrected chi connectivity index (χ0v) is 12.5. The lowest BCUT2D eigenvalue weighted by atomic mass is 9.78. The highest BCUT2D eigenvalue weighted by molar-refractivity contribution is 5.88. The van der Waals surface area contributed by atoms with Gasteiger partial charge in [0.1, 0.15) is 5.82 Å². The van der Waals surface area contributed by atoms with Crippen LogP contribution in [0.3, 0.4) is 0 Å². The Balaban J connectivity index is 1.51. The topological polar surface area (TPSA) is 87.4 Å². The van der Waals surface area contributed by atoms with Gasteiger partial charge < -0.3 is 14.9 Å². The molecule has 0 bridgehead atoms. The first-order valence-electron chi connectivity index (χ1n) is 7.54. The zero-order valence-electron chi connectivity index (χ0n) is 12.5. The fourth-order valence-corrected chi connectivity index (χ4v) is 2.52. The molecule has 1 aromatic carbocycles. The summed E-state index contributed by atoms with van der Waals surface area (Å²) in [5, 5.41) is 18.9. The molecule has 2 amide bonds. The van der Waals surface area contributed by atoms with Gasteiger partial charge in [-0.2, -0.15) is 0 Å². The van der Waals surface area contributed by atoms with Crippen molar-refractivity contribution >= 4 is 11.8 Å². The lowest BCUT2D eigenvalue weighted by Gasteiger charge is -2.36. The van der Waals surface area contributed by atoms with E-state index in [1.807, 2.05) is 0 Å². The molecule has 0 atom stereocenters. The third kappa shape index (κ3) is 3.87. The lowest BCUT2D eigenvalue weighted by molar-refractivity contribution is -0.0388. The highest BCUT2D eigenvalue weighted by atomic mass is 19.1. The Morgan fingerprint density at radius 1 is 1.39 bits per heavy atom. The van der Waals surface area contributed by atoms with Crippen LogP contribution in [0.2, 0.25) is 0 Å². The SMILES string of the molecule is O=C(NCCC1(O)CCC1)Nc1cc(-c2cccc(F)c2)on1.